The van der Waals surface area contributed by atoms with Crippen LogP contribution in [0.4, 0.5) is 5.69 Å². The highest BCUT2D eigenvalue weighted by Crippen LogP contribution is 2.35. The molecule has 0 aromatic heterocycles. The van der Waals surface area contributed by atoms with Gasteiger partial charge in [0.2, 0.25) is 15.9 Å². The van der Waals surface area contributed by atoms with E-state index in [4.69, 9.17) is 9.47 Å². The van der Waals surface area contributed by atoms with Gasteiger partial charge in [0.25, 0.3) is 5.91 Å². The van der Waals surface area contributed by atoms with Gasteiger partial charge in [-0.25, -0.2) is 8.42 Å². The zero-order valence-electron chi connectivity index (χ0n) is 19.7. The zero-order chi connectivity index (χ0) is 24.1. The molecular weight excluding hydrogens is 460 g/mol. The highest BCUT2D eigenvalue weighted by molar-refractivity contribution is 7.89. The number of anilines is 1. The van der Waals surface area contributed by atoms with Crippen molar-refractivity contribution >= 4 is 27.5 Å². The summed E-state index contributed by atoms with van der Waals surface area (Å²) in [5.74, 6) is 0.230. The van der Waals surface area contributed by atoms with Crippen LogP contribution in [0.25, 0.3) is 0 Å². The first kappa shape index (κ1) is 24.9. The minimum Gasteiger partial charge on any atom is -0.482 e. The minimum absolute atomic E-state index is 0.107. The number of benzene rings is 1. The Morgan fingerprint density at radius 3 is 2.62 bits per heavy atom. The van der Waals surface area contributed by atoms with Gasteiger partial charge in [-0.15, -0.1) is 0 Å². The molecule has 11 heteroatoms. The molecule has 4 rings (SSSR count). The van der Waals surface area contributed by atoms with Gasteiger partial charge < -0.3 is 14.8 Å². The third-order valence-electron chi connectivity index (χ3n) is 6.63. The van der Waals surface area contributed by atoms with Crippen LogP contribution < -0.4 is 15.0 Å². The number of nitrogens with one attached hydrogen (secondary N) is 1. The summed E-state index contributed by atoms with van der Waals surface area (Å²) in [5.41, 5.74) is 0.311. The van der Waals surface area contributed by atoms with Gasteiger partial charge in [0, 0.05) is 32.7 Å². The maximum absolute atomic E-state index is 13.2. The average Bonchev–Trinajstić information content (AvgIpc) is 2.84. The van der Waals surface area contributed by atoms with E-state index < -0.39 is 10.0 Å². The van der Waals surface area contributed by atoms with E-state index in [-0.39, 0.29) is 29.9 Å². The smallest absolute Gasteiger partial charge is 0.265 e. The maximum Gasteiger partial charge on any atom is 0.265 e. The van der Waals surface area contributed by atoms with Crippen molar-refractivity contribution in [3.8, 4) is 5.75 Å². The molecule has 3 heterocycles. The first-order valence-electron chi connectivity index (χ1n) is 12.0. The summed E-state index contributed by atoms with van der Waals surface area (Å²) in [6.07, 6.45) is 2.45. The van der Waals surface area contributed by atoms with Gasteiger partial charge in [0.1, 0.15) is 12.3 Å². The topological polar surface area (TPSA) is 108 Å². The molecule has 34 heavy (non-hydrogen) atoms. The predicted octanol–water partition coefficient (Wildman–Crippen LogP) is 0.671. The molecule has 2 amide bonds. The van der Waals surface area contributed by atoms with Crippen molar-refractivity contribution in [2.24, 2.45) is 5.92 Å². The zero-order valence-corrected chi connectivity index (χ0v) is 20.5. The van der Waals surface area contributed by atoms with E-state index in [9.17, 15) is 18.0 Å². The van der Waals surface area contributed by atoms with E-state index in [0.29, 0.717) is 37.0 Å². The summed E-state index contributed by atoms with van der Waals surface area (Å²) in [4.78, 5) is 28.9. The molecule has 0 spiro atoms. The second kappa shape index (κ2) is 11.0. The third-order valence-corrected chi connectivity index (χ3v) is 8.53. The first-order chi connectivity index (χ1) is 16.3. The standard InChI is InChI=1S/C23H34N4O6S/c1-18-5-9-26(10-6-18)34(30,31)19-3-4-21-20(15-19)27(23(29)17-33-21)16-22(28)24-7-2-8-25-11-13-32-14-12-25/h3-4,15,18H,2,5-14,16-17H2,1H3,(H,24,28). The molecule has 3 aliphatic heterocycles. The molecule has 3 aliphatic rings. The molecule has 188 valence electrons. The van der Waals surface area contributed by atoms with Crippen molar-refractivity contribution in [3.05, 3.63) is 18.2 Å². The molecule has 0 unspecified atom stereocenters. The summed E-state index contributed by atoms with van der Waals surface area (Å²) in [5, 5.41) is 2.86. The number of piperidine rings is 1. The van der Waals surface area contributed by atoms with Crippen molar-refractivity contribution in [2.45, 2.75) is 31.1 Å². The molecule has 0 aliphatic carbocycles. The normalized spacial score (nSPS) is 20.6. The van der Waals surface area contributed by atoms with Crippen LogP contribution in [0, 0.1) is 5.92 Å². The number of rotatable bonds is 8. The van der Waals surface area contributed by atoms with E-state index in [1.54, 1.807) is 6.07 Å². The summed E-state index contributed by atoms with van der Waals surface area (Å²) in [6.45, 7) is 7.35. The molecule has 1 N–H and O–H groups in total. The molecule has 2 saturated heterocycles. The maximum atomic E-state index is 13.2. The number of hydrogen-bond donors (Lipinski definition) is 1. The van der Waals surface area contributed by atoms with Gasteiger partial charge >= 0.3 is 0 Å². The van der Waals surface area contributed by atoms with Crippen LogP contribution in [-0.4, -0.2) is 95.1 Å². The number of carbonyl (C=O) groups is 2. The van der Waals surface area contributed by atoms with Gasteiger partial charge in [-0.3, -0.25) is 19.4 Å². The lowest BCUT2D eigenvalue weighted by Crippen LogP contribution is -2.45. The summed E-state index contributed by atoms with van der Waals surface area (Å²) in [6, 6.07) is 4.52. The Hall–Kier alpha value is -2.21. The van der Waals surface area contributed by atoms with E-state index in [1.165, 1.54) is 21.3 Å². The van der Waals surface area contributed by atoms with Crippen molar-refractivity contribution in [2.75, 3.05) is 70.5 Å². The van der Waals surface area contributed by atoms with Gasteiger partial charge in [-0.2, -0.15) is 4.31 Å². The highest BCUT2D eigenvalue weighted by Gasteiger charge is 2.32. The van der Waals surface area contributed by atoms with Crippen LogP contribution in [0.15, 0.2) is 23.1 Å². The Bertz CT molecular complexity index is 987. The monoisotopic (exact) mass is 494 g/mol. The second-order valence-corrected chi connectivity index (χ2v) is 11.1. The Balaban J connectivity index is 1.39. The SMILES string of the molecule is CC1CCN(S(=O)(=O)c2ccc3c(c2)N(CC(=O)NCCCN2CCOCC2)C(=O)CO3)CC1. The predicted molar refractivity (Wildman–Crippen MR) is 126 cm³/mol. The molecule has 0 saturated carbocycles. The van der Waals surface area contributed by atoms with E-state index in [1.807, 2.05) is 0 Å². The van der Waals surface area contributed by atoms with Crippen molar-refractivity contribution < 1.29 is 27.5 Å². The lowest BCUT2D eigenvalue weighted by molar-refractivity contribution is -0.125. The number of sulfonamides is 1. The molecule has 0 bridgehead atoms. The number of carbonyl (C=O) groups excluding carboxylic acids is 2. The lowest BCUT2D eigenvalue weighted by Gasteiger charge is -2.31. The van der Waals surface area contributed by atoms with Crippen molar-refractivity contribution in [1.82, 2.24) is 14.5 Å². The fourth-order valence-electron chi connectivity index (χ4n) is 4.44. The van der Waals surface area contributed by atoms with Crippen LogP contribution in [0.2, 0.25) is 0 Å². The molecule has 0 atom stereocenters. The third kappa shape index (κ3) is 5.88. The quantitative estimate of drug-likeness (QED) is 0.529. The minimum atomic E-state index is -3.69. The number of morpholine rings is 1. The average molecular weight is 495 g/mol. The number of nitrogens with zero attached hydrogens (tertiary/aromatic N) is 3. The van der Waals surface area contributed by atoms with Crippen molar-refractivity contribution in [3.63, 3.8) is 0 Å². The number of hydrogen-bond acceptors (Lipinski definition) is 7. The summed E-state index contributed by atoms with van der Waals surface area (Å²) in [7, 11) is -3.69. The van der Waals surface area contributed by atoms with Gasteiger partial charge in [0.05, 0.1) is 23.8 Å². The lowest BCUT2D eigenvalue weighted by atomic mass is 10.0. The molecule has 10 nitrogen and oxygen atoms in total. The highest BCUT2D eigenvalue weighted by atomic mass is 32.2. The van der Waals surface area contributed by atoms with Crippen LogP contribution in [0.3, 0.4) is 0 Å². The van der Waals surface area contributed by atoms with Gasteiger partial charge in [0.15, 0.2) is 6.61 Å². The van der Waals surface area contributed by atoms with E-state index >= 15 is 0 Å². The molecular formula is C23H34N4O6S. The number of amides is 2. The van der Waals surface area contributed by atoms with Crippen LogP contribution in [0.5, 0.6) is 5.75 Å². The number of ether oxygens (including phenoxy) is 2. The Morgan fingerprint density at radius 2 is 1.88 bits per heavy atom. The van der Waals surface area contributed by atoms with Gasteiger partial charge in [-0.05, 0) is 49.9 Å². The Labute approximate surface area is 201 Å². The van der Waals surface area contributed by atoms with E-state index in [0.717, 1.165) is 52.1 Å². The van der Waals surface area contributed by atoms with E-state index in [2.05, 4.69) is 17.1 Å². The first-order valence-corrected chi connectivity index (χ1v) is 13.4. The number of fused-ring (bicyclic) bond motifs is 1. The summed E-state index contributed by atoms with van der Waals surface area (Å²) < 4.78 is 38.7. The molecule has 1 aromatic rings. The fourth-order valence-corrected chi connectivity index (χ4v) is 5.94. The Morgan fingerprint density at radius 1 is 1.15 bits per heavy atom. The van der Waals surface area contributed by atoms with Crippen LogP contribution >= 0.6 is 0 Å². The largest absolute Gasteiger partial charge is 0.482 e. The molecule has 1 aromatic carbocycles. The van der Waals surface area contributed by atoms with Gasteiger partial charge in [-0.1, -0.05) is 6.92 Å². The Kier molecular flexibility index (Phi) is 8.07. The van der Waals surface area contributed by atoms with Crippen LogP contribution in [-0.2, 0) is 24.3 Å². The second-order valence-electron chi connectivity index (χ2n) is 9.14. The fraction of sp³-hybridized carbons (Fsp3) is 0.652. The van der Waals surface area contributed by atoms with Crippen LogP contribution in [0.1, 0.15) is 26.2 Å². The molecule has 0 radical (unpaired) electrons. The van der Waals surface area contributed by atoms with Crippen molar-refractivity contribution in [1.29, 1.82) is 0 Å². The summed E-state index contributed by atoms with van der Waals surface area (Å²) >= 11 is 0. The molecule has 2 fully saturated rings.